The van der Waals surface area contributed by atoms with Crippen molar-refractivity contribution in [3.63, 3.8) is 0 Å². The van der Waals surface area contributed by atoms with Crippen LogP contribution in [0.5, 0.6) is 0 Å². The molecule has 1 fully saturated rings. The number of amides is 2. The molecule has 9 heteroatoms. The average Bonchev–Trinajstić information content (AvgIpc) is 2.61. The van der Waals surface area contributed by atoms with Crippen LogP contribution in [0.3, 0.4) is 0 Å². The average molecular weight is 382 g/mol. The van der Waals surface area contributed by atoms with Gasteiger partial charge in [0.1, 0.15) is 11.7 Å². The minimum absolute atomic E-state index is 0.135. The highest BCUT2D eigenvalue weighted by molar-refractivity contribution is 5.91. The molecule has 1 aliphatic heterocycles. The summed E-state index contributed by atoms with van der Waals surface area (Å²) in [6.45, 7) is 0. The topological polar surface area (TPSA) is 78.4 Å². The van der Waals surface area contributed by atoms with Gasteiger partial charge in [0.05, 0.1) is 6.04 Å². The molecule has 5 nitrogen and oxygen atoms in total. The highest BCUT2D eigenvalue weighted by Crippen LogP contribution is 2.43. The fourth-order valence-electron chi connectivity index (χ4n) is 3.20. The van der Waals surface area contributed by atoms with Gasteiger partial charge in [0, 0.05) is 11.1 Å². The number of urea groups is 1. The van der Waals surface area contributed by atoms with E-state index in [4.69, 9.17) is 0 Å². The third-order valence-electron chi connectivity index (χ3n) is 4.39. The Morgan fingerprint density at radius 2 is 1.63 bits per heavy atom. The van der Waals surface area contributed by atoms with E-state index in [2.05, 4.69) is 5.32 Å². The number of rotatable bonds is 3. The van der Waals surface area contributed by atoms with Gasteiger partial charge in [-0.05, 0) is 6.07 Å². The molecule has 0 saturated carbocycles. The van der Waals surface area contributed by atoms with Gasteiger partial charge in [0.15, 0.2) is 5.72 Å². The number of halogens is 4. The summed E-state index contributed by atoms with van der Waals surface area (Å²) in [7, 11) is 0. The summed E-state index contributed by atoms with van der Waals surface area (Å²) in [6.07, 6.45) is -5.32. The van der Waals surface area contributed by atoms with Crippen molar-refractivity contribution in [1.29, 1.82) is 0 Å². The van der Waals surface area contributed by atoms with Crippen molar-refractivity contribution in [2.75, 3.05) is 0 Å². The van der Waals surface area contributed by atoms with Crippen LogP contribution in [-0.4, -0.2) is 23.1 Å². The molecule has 0 radical (unpaired) electrons. The number of carbonyl (C=O) groups is 2. The van der Waals surface area contributed by atoms with Gasteiger partial charge in [-0.25, -0.2) is 9.18 Å². The zero-order chi connectivity index (χ0) is 19.8. The summed E-state index contributed by atoms with van der Waals surface area (Å²) in [5.41, 5.74) is -3.17. The number of alkyl halides is 3. The zero-order valence-corrected chi connectivity index (χ0v) is 13.6. The molecule has 3 N–H and O–H groups in total. The first-order valence-electron chi connectivity index (χ1n) is 7.86. The number of ketones is 1. The van der Waals surface area contributed by atoms with Crippen LogP contribution in [0.25, 0.3) is 0 Å². The van der Waals surface area contributed by atoms with Crippen LogP contribution in [0.2, 0.25) is 0 Å². The lowest BCUT2D eigenvalue weighted by molar-refractivity contribution is -0.190. The van der Waals surface area contributed by atoms with Crippen LogP contribution in [0.15, 0.2) is 54.6 Å². The molecule has 142 valence electrons. The fraction of sp³-hybridized carbons (Fsp3) is 0.222. The summed E-state index contributed by atoms with van der Waals surface area (Å²) in [5, 5.41) is 15.1. The molecule has 2 aromatic rings. The van der Waals surface area contributed by atoms with Crippen LogP contribution in [-0.2, 0) is 10.5 Å². The van der Waals surface area contributed by atoms with Crippen molar-refractivity contribution in [3.8, 4) is 0 Å². The van der Waals surface area contributed by atoms with Gasteiger partial charge in [-0.15, -0.1) is 0 Å². The molecule has 1 aliphatic rings. The molecular formula is C18H14F4N2O3. The molecule has 0 aromatic heterocycles. The second-order valence-corrected chi connectivity index (χ2v) is 6.07. The molecule has 0 aliphatic carbocycles. The van der Waals surface area contributed by atoms with Crippen molar-refractivity contribution in [1.82, 2.24) is 10.6 Å². The fourth-order valence-corrected chi connectivity index (χ4v) is 3.20. The maximum atomic E-state index is 14.2. The minimum atomic E-state index is -5.32. The quantitative estimate of drug-likeness (QED) is 0.715. The van der Waals surface area contributed by atoms with Crippen molar-refractivity contribution >= 4 is 11.8 Å². The Bertz CT molecular complexity index is 872. The highest BCUT2D eigenvalue weighted by atomic mass is 19.4. The van der Waals surface area contributed by atoms with Crippen molar-refractivity contribution in [3.05, 3.63) is 71.5 Å². The second-order valence-electron chi connectivity index (χ2n) is 6.07. The molecular weight excluding hydrogens is 368 g/mol. The van der Waals surface area contributed by atoms with Crippen LogP contribution >= 0.6 is 0 Å². The van der Waals surface area contributed by atoms with Crippen LogP contribution < -0.4 is 10.6 Å². The largest absolute Gasteiger partial charge is 0.450 e. The normalized spacial score (nSPS) is 25.4. The van der Waals surface area contributed by atoms with E-state index in [0.717, 1.165) is 12.1 Å². The predicted octanol–water partition coefficient (Wildman–Crippen LogP) is 2.77. The molecule has 2 amide bonds. The van der Waals surface area contributed by atoms with E-state index in [9.17, 15) is 32.3 Å². The Kier molecular flexibility index (Phi) is 4.64. The summed E-state index contributed by atoms with van der Waals surface area (Å²) < 4.78 is 54.1. The molecule has 27 heavy (non-hydrogen) atoms. The van der Waals surface area contributed by atoms with Gasteiger partial charge < -0.3 is 15.7 Å². The van der Waals surface area contributed by atoms with Gasteiger partial charge in [-0.2, -0.15) is 13.2 Å². The van der Waals surface area contributed by atoms with Gasteiger partial charge in [-0.1, -0.05) is 48.5 Å². The van der Waals surface area contributed by atoms with Gasteiger partial charge in [0.25, 0.3) is 0 Å². The van der Waals surface area contributed by atoms with E-state index in [0.29, 0.717) is 0 Å². The number of Topliss-reactive ketones (excluding diaryl/α,β-unsaturated/α-hetero) is 1. The van der Waals surface area contributed by atoms with E-state index in [-0.39, 0.29) is 11.1 Å². The van der Waals surface area contributed by atoms with Gasteiger partial charge in [0.2, 0.25) is 5.78 Å². The first kappa shape index (κ1) is 18.8. The van der Waals surface area contributed by atoms with Gasteiger partial charge >= 0.3 is 12.2 Å². The molecule has 3 atom stereocenters. The van der Waals surface area contributed by atoms with Crippen LogP contribution in [0.4, 0.5) is 22.4 Å². The number of hydrogen-bond acceptors (Lipinski definition) is 3. The zero-order valence-electron chi connectivity index (χ0n) is 13.6. The van der Waals surface area contributed by atoms with Crippen LogP contribution in [0.1, 0.15) is 17.2 Å². The minimum Gasteiger partial charge on any atom is -0.366 e. The summed E-state index contributed by atoms with van der Waals surface area (Å²) in [6, 6.07) is 8.94. The molecule has 3 rings (SSSR count). The highest BCUT2D eigenvalue weighted by Gasteiger charge is 2.59. The van der Waals surface area contributed by atoms with Crippen molar-refractivity contribution in [2.45, 2.75) is 17.9 Å². The molecule has 0 bridgehead atoms. The Morgan fingerprint density at radius 1 is 1.04 bits per heavy atom. The number of aliphatic hydroxyl groups is 1. The third kappa shape index (κ3) is 3.37. The van der Waals surface area contributed by atoms with Gasteiger partial charge in [-0.3, -0.25) is 4.79 Å². The Hall–Kier alpha value is -2.94. The monoisotopic (exact) mass is 382 g/mol. The summed E-state index contributed by atoms with van der Waals surface area (Å²) in [4.78, 5) is 24.3. The van der Waals surface area contributed by atoms with E-state index >= 15 is 0 Å². The van der Waals surface area contributed by atoms with E-state index in [1.54, 1.807) is 6.07 Å². The lowest BCUT2D eigenvalue weighted by Gasteiger charge is -2.45. The Morgan fingerprint density at radius 3 is 2.22 bits per heavy atom. The summed E-state index contributed by atoms with van der Waals surface area (Å²) in [5.74, 6) is -5.47. The van der Waals surface area contributed by atoms with Crippen molar-refractivity contribution in [2.24, 2.45) is 5.92 Å². The Balaban J connectivity index is 2.21. The number of hydrogen-bond donors (Lipinski definition) is 3. The third-order valence-corrected chi connectivity index (χ3v) is 4.39. The lowest BCUT2D eigenvalue weighted by atomic mass is 9.76. The smallest absolute Gasteiger partial charge is 0.366 e. The molecule has 0 spiro atoms. The molecule has 2 aromatic carbocycles. The van der Waals surface area contributed by atoms with E-state index in [1.807, 2.05) is 5.32 Å². The first-order valence-corrected chi connectivity index (χ1v) is 7.86. The maximum absolute atomic E-state index is 14.2. The SMILES string of the molecule is O=C1N[C@H](c2ccccc2F)[C@@H](C(=O)C(F)(F)F)[C@](O)(c2ccccc2)N1. The maximum Gasteiger partial charge on any atom is 0.450 e. The number of nitrogens with one attached hydrogen (secondary N) is 2. The number of carbonyl (C=O) groups excluding carboxylic acids is 2. The van der Waals surface area contributed by atoms with Crippen molar-refractivity contribution < 1.29 is 32.3 Å². The first-order chi connectivity index (χ1) is 12.6. The summed E-state index contributed by atoms with van der Waals surface area (Å²) >= 11 is 0. The molecule has 1 saturated heterocycles. The second kappa shape index (κ2) is 6.66. The predicted molar refractivity (Wildman–Crippen MR) is 85.7 cm³/mol. The van der Waals surface area contributed by atoms with E-state index in [1.165, 1.54) is 36.4 Å². The Labute approximate surface area is 151 Å². The standard InChI is InChI=1S/C18H14F4N2O3/c19-12-9-5-4-8-11(12)14-13(15(25)18(20,21)22)17(27,24-16(26)23-14)10-6-2-1-3-7-10/h1-9,13-14,27H,(H2,23,24,26)/t13-,14+,17+/m0/s1. The molecule has 1 heterocycles. The lowest BCUT2D eigenvalue weighted by Crippen LogP contribution is -2.66. The number of benzene rings is 2. The van der Waals surface area contributed by atoms with Crippen LogP contribution in [0, 0.1) is 11.7 Å². The van der Waals surface area contributed by atoms with E-state index < -0.39 is 41.5 Å². The molecule has 0 unspecified atom stereocenters.